The Labute approximate surface area is 169 Å². The Hall–Kier alpha value is -2.94. The Kier molecular flexibility index (Phi) is 6.48. The number of amides is 1. The molecule has 2 aromatic carbocycles. The summed E-state index contributed by atoms with van der Waals surface area (Å²) in [4.78, 5) is 22.1. The lowest BCUT2D eigenvalue weighted by atomic mass is 9.89. The third kappa shape index (κ3) is 5.54. The summed E-state index contributed by atoms with van der Waals surface area (Å²) < 4.78 is 29.7. The Morgan fingerprint density at radius 1 is 1.10 bits per heavy atom. The van der Waals surface area contributed by atoms with Crippen molar-refractivity contribution in [2.24, 2.45) is 5.92 Å². The van der Waals surface area contributed by atoms with Gasteiger partial charge in [0.15, 0.2) is 0 Å². The first-order valence-corrected chi connectivity index (χ1v) is 10.8. The van der Waals surface area contributed by atoms with E-state index >= 15 is 0 Å². The molecule has 0 saturated heterocycles. The lowest BCUT2D eigenvalue weighted by molar-refractivity contribution is -0.385. The van der Waals surface area contributed by atoms with E-state index in [0.29, 0.717) is 18.0 Å². The summed E-state index contributed by atoms with van der Waals surface area (Å²) in [5.41, 5.74) is 0.0561. The number of nitro groups is 1. The maximum absolute atomic E-state index is 12.3. The van der Waals surface area contributed by atoms with E-state index in [0.717, 1.165) is 18.9 Å². The molecule has 0 spiro atoms. The van der Waals surface area contributed by atoms with Crippen molar-refractivity contribution in [1.29, 1.82) is 0 Å². The molecule has 154 valence electrons. The number of hydrogen-bond acceptors (Lipinski definition) is 6. The predicted octanol–water partition coefficient (Wildman–Crippen LogP) is 3.67. The van der Waals surface area contributed by atoms with Gasteiger partial charge < -0.3 is 9.50 Å². The van der Waals surface area contributed by atoms with Crippen LogP contribution in [-0.2, 0) is 10.1 Å². The standard InChI is InChI=1S/C20H22N2O6S/c23-20(21-14-15-5-2-1-3-6-15)16-9-11-18(12-10-16)28-29(26,27)19-8-4-7-17(13-19)22(24)25/h4,7-13,15H,1-3,5-6,14H2,(H,21,23). The van der Waals surface area contributed by atoms with E-state index in [1.807, 2.05) is 0 Å². The number of carbonyl (C=O) groups is 1. The second-order valence-electron chi connectivity index (χ2n) is 7.03. The van der Waals surface area contributed by atoms with E-state index in [9.17, 15) is 23.3 Å². The first-order chi connectivity index (χ1) is 13.8. The van der Waals surface area contributed by atoms with E-state index in [1.54, 1.807) is 0 Å². The average Bonchev–Trinajstić information content (AvgIpc) is 2.73. The average molecular weight is 418 g/mol. The second kappa shape index (κ2) is 9.04. The molecule has 0 aliphatic heterocycles. The van der Waals surface area contributed by atoms with Crippen molar-refractivity contribution in [1.82, 2.24) is 5.32 Å². The van der Waals surface area contributed by atoms with Crippen LogP contribution in [0.4, 0.5) is 5.69 Å². The Morgan fingerprint density at radius 2 is 1.79 bits per heavy atom. The molecule has 1 fully saturated rings. The van der Waals surface area contributed by atoms with Crippen LogP contribution in [0.15, 0.2) is 53.4 Å². The minimum absolute atomic E-state index is 0.0142. The molecule has 8 nitrogen and oxygen atoms in total. The fourth-order valence-electron chi connectivity index (χ4n) is 3.32. The number of rotatable bonds is 7. The van der Waals surface area contributed by atoms with Crippen molar-refractivity contribution in [3.8, 4) is 5.75 Å². The normalized spacial score (nSPS) is 14.9. The van der Waals surface area contributed by atoms with Crippen LogP contribution in [0.5, 0.6) is 5.75 Å². The molecule has 0 aromatic heterocycles. The predicted molar refractivity (Wildman–Crippen MR) is 106 cm³/mol. The van der Waals surface area contributed by atoms with E-state index < -0.39 is 15.0 Å². The summed E-state index contributed by atoms with van der Waals surface area (Å²) in [6, 6.07) is 10.3. The SMILES string of the molecule is O=C(NCC1CCCCC1)c1ccc(OS(=O)(=O)c2cccc([N+](=O)[O-])c2)cc1. The number of hydrogen-bond donors (Lipinski definition) is 1. The highest BCUT2D eigenvalue weighted by Crippen LogP contribution is 2.24. The monoisotopic (exact) mass is 418 g/mol. The number of nitro benzene ring substituents is 1. The fraction of sp³-hybridized carbons (Fsp3) is 0.350. The third-order valence-electron chi connectivity index (χ3n) is 4.92. The van der Waals surface area contributed by atoms with Gasteiger partial charge in [-0.1, -0.05) is 25.3 Å². The van der Waals surface area contributed by atoms with Crippen molar-refractivity contribution >= 4 is 21.7 Å². The zero-order chi connectivity index (χ0) is 20.9. The molecule has 1 amide bonds. The lowest BCUT2D eigenvalue weighted by Gasteiger charge is -2.21. The Morgan fingerprint density at radius 3 is 2.45 bits per heavy atom. The lowest BCUT2D eigenvalue weighted by Crippen LogP contribution is -2.30. The fourth-order valence-corrected chi connectivity index (χ4v) is 4.29. The molecule has 9 heteroatoms. The van der Waals surface area contributed by atoms with E-state index in [1.165, 1.54) is 61.7 Å². The topological polar surface area (TPSA) is 116 Å². The number of carbonyl (C=O) groups excluding carboxylic acids is 1. The third-order valence-corrected chi connectivity index (χ3v) is 6.16. The van der Waals surface area contributed by atoms with Gasteiger partial charge in [-0.2, -0.15) is 8.42 Å². The molecule has 0 bridgehead atoms. The maximum Gasteiger partial charge on any atom is 0.339 e. The molecule has 1 aliphatic carbocycles. The van der Waals surface area contributed by atoms with Gasteiger partial charge in [0, 0.05) is 24.2 Å². The molecule has 0 atom stereocenters. The number of non-ortho nitro benzene ring substituents is 1. The molecule has 0 unspecified atom stereocenters. The summed E-state index contributed by atoms with van der Waals surface area (Å²) in [7, 11) is -4.23. The molecule has 0 radical (unpaired) electrons. The van der Waals surface area contributed by atoms with Gasteiger partial charge in [-0.15, -0.1) is 0 Å². The van der Waals surface area contributed by atoms with E-state index in [-0.39, 0.29) is 22.2 Å². The minimum atomic E-state index is -4.23. The molecule has 0 heterocycles. The second-order valence-corrected chi connectivity index (χ2v) is 8.58. The van der Waals surface area contributed by atoms with Crippen LogP contribution >= 0.6 is 0 Å². The van der Waals surface area contributed by atoms with Gasteiger partial charge in [-0.05, 0) is 49.1 Å². The van der Waals surface area contributed by atoms with Crippen LogP contribution in [0.25, 0.3) is 0 Å². The van der Waals surface area contributed by atoms with Gasteiger partial charge in [0.1, 0.15) is 10.6 Å². The van der Waals surface area contributed by atoms with Crippen molar-refractivity contribution in [3.05, 3.63) is 64.2 Å². The van der Waals surface area contributed by atoms with Gasteiger partial charge in [0.25, 0.3) is 11.6 Å². The molecule has 1 aliphatic rings. The van der Waals surface area contributed by atoms with Crippen LogP contribution in [0.3, 0.4) is 0 Å². The van der Waals surface area contributed by atoms with Gasteiger partial charge in [-0.3, -0.25) is 14.9 Å². The number of benzene rings is 2. The van der Waals surface area contributed by atoms with Gasteiger partial charge in [0.05, 0.1) is 4.92 Å². The first-order valence-electron chi connectivity index (χ1n) is 9.42. The highest BCUT2D eigenvalue weighted by atomic mass is 32.2. The van der Waals surface area contributed by atoms with Crippen molar-refractivity contribution in [2.75, 3.05) is 6.54 Å². The molecule has 1 saturated carbocycles. The van der Waals surface area contributed by atoms with Crippen LogP contribution in [0.1, 0.15) is 42.5 Å². The van der Waals surface area contributed by atoms with Crippen LogP contribution in [0, 0.1) is 16.0 Å². The van der Waals surface area contributed by atoms with Crippen LogP contribution in [0.2, 0.25) is 0 Å². The van der Waals surface area contributed by atoms with E-state index in [2.05, 4.69) is 5.32 Å². The summed E-state index contributed by atoms with van der Waals surface area (Å²) in [5, 5.41) is 13.7. The molecule has 1 N–H and O–H groups in total. The smallest absolute Gasteiger partial charge is 0.339 e. The molecular formula is C20H22N2O6S. The van der Waals surface area contributed by atoms with Crippen molar-refractivity contribution in [3.63, 3.8) is 0 Å². The Bertz CT molecular complexity index is 982. The van der Waals surface area contributed by atoms with Crippen LogP contribution in [-0.4, -0.2) is 25.8 Å². The van der Waals surface area contributed by atoms with Crippen LogP contribution < -0.4 is 9.50 Å². The summed E-state index contributed by atoms with van der Waals surface area (Å²) >= 11 is 0. The maximum atomic E-state index is 12.3. The summed E-state index contributed by atoms with van der Waals surface area (Å²) in [6.45, 7) is 0.637. The van der Waals surface area contributed by atoms with Gasteiger partial charge >= 0.3 is 10.1 Å². The number of nitrogens with zero attached hydrogens (tertiary/aromatic N) is 1. The Balaban J connectivity index is 1.62. The number of nitrogens with one attached hydrogen (secondary N) is 1. The van der Waals surface area contributed by atoms with Gasteiger partial charge in [-0.25, -0.2) is 0 Å². The highest BCUT2D eigenvalue weighted by molar-refractivity contribution is 7.87. The molecule has 2 aromatic rings. The summed E-state index contributed by atoms with van der Waals surface area (Å²) in [5.74, 6) is 0.305. The highest BCUT2D eigenvalue weighted by Gasteiger charge is 2.20. The van der Waals surface area contributed by atoms with Gasteiger partial charge in [0.2, 0.25) is 0 Å². The molecular weight excluding hydrogens is 396 g/mol. The zero-order valence-corrected chi connectivity index (χ0v) is 16.6. The van der Waals surface area contributed by atoms with Crippen molar-refractivity contribution < 1.29 is 22.3 Å². The summed E-state index contributed by atoms with van der Waals surface area (Å²) in [6.07, 6.45) is 5.91. The minimum Gasteiger partial charge on any atom is -0.379 e. The largest absolute Gasteiger partial charge is 0.379 e. The quantitative estimate of drug-likeness (QED) is 0.417. The zero-order valence-electron chi connectivity index (χ0n) is 15.7. The van der Waals surface area contributed by atoms with E-state index in [4.69, 9.17) is 4.18 Å². The first kappa shape index (κ1) is 20.8. The van der Waals surface area contributed by atoms with Crippen molar-refractivity contribution in [2.45, 2.75) is 37.0 Å². The molecule has 3 rings (SSSR count). The molecule has 29 heavy (non-hydrogen) atoms.